The molecule has 0 aromatic carbocycles. The van der Waals surface area contributed by atoms with Gasteiger partial charge in [-0.1, -0.05) is 69.2 Å². The van der Waals surface area contributed by atoms with Crippen LogP contribution in [0.4, 0.5) is 0 Å². The van der Waals surface area contributed by atoms with Gasteiger partial charge in [0.25, 0.3) is 0 Å². The third kappa shape index (κ3) is 124. The smallest absolute Gasteiger partial charge is 0 e. The van der Waals surface area contributed by atoms with Crippen molar-refractivity contribution in [1.82, 2.24) is 0 Å². The van der Waals surface area contributed by atoms with Gasteiger partial charge < -0.3 is 26.6 Å². The topological polar surface area (TPSA) is 70.5 Å². The van der Waals surface area contributed by atoms with Gasteiger partial charge in [-0.05, 0) is 0 Å². The van der Waals surface area contributed by atoms with E-state index in [1.54, 1.807) is 0 Å². The second-order valence-corrected chi connectivity index (χ2v) is 4.28. The second-order valence-electron chi connectivity index (χ2n) is 4.28. The van der Waals surface area contributed by atoms with Gasteiger partial charge in [-0.15, -0.1) is 0 Å². The summed E-state index contributed by atoms with van der Waals surface area (Å²) in [7, 11) is 0. The fraction of sp³-hybridized carbons (Fsp3) is 1.00. The minimum atomic E-state index is 0. The van der Waals surface area contributed by atoms with Crippen LogP contribution in [0, 0.1) is 0 Å². The second kappa shape index (κ2) is 63.8. The zero-order chi connectivity index (χ0) is 20.6. The summed E-state index contributed by atoms with van der Waals surface area (Å²) < 4.78 is 0. The predicted octanol–water partition coefficient (Wildman–Crippen LogP) is 7.00. The van der Waals surface area contributed by atoms with Gasteiger partial charge in [-0.25, -0.2) is 0 Å². The van der Waals surface area contributed by atoms with Gasteiger partial charge in [0, 0.05) is 18.6 Å². The van der Waals surface area contributed by atoms with E-state index in [2.05, 4.69) is 26.6 Å². The van der Waals surface area contributed by atoms with Gasteiger partial charge in [0.2, 0.25) is 0 Å². The molecule has 0 unspecified atom stereocenters. The van der Waals surface area contributed by atoms with Crippen LogP contribution >= 0.6 is 0 Å². The fourth-order valence-electron chi connectivity index (χ4n) is 1.12. The molecule has 0 saturated carbocycles. The van der Waals surface area contributed by atoms with E-state index in [-0.39, 0.29) is 18.6 Å². The van der Waals surface area contributed by atoms with E-state index < -0.39 is 0 Å². The minimum Gasteiger partial charge on any atom is -0.663 e. The van der Waals surface area contributed by atoms with E-state index in [0.29, 0.717) is 0 Å². The number of hydrogen-bond acceptors (Lipinski definition) is 0. The van der Waals surface area contributed by atoms with Crippen LogP contribution in [0.3, 0.4) is 0 Å². The Bertz CT molecular complexity index is 96.5. The molecule has 0 saturated heterocycles. The first-order valence-electron chi connectivity index (χ1n) is 10.2. The first-order valence-corrected chi connectivity index (χ1v) is 10.2. The van der Waals surface area contributed by atoms with Crippen molar-refractivity contribution in [3.8, 4) is 0 Å². The predicted molar refractivity (Wildman–Crippen MR) is 122 cm³/mol. The molecule has 0 aliphatic rings. The molecule has 6 heteroatoms. The maximum absolute atomic E-state index is 3.97. The van der Waals surface area contributed by atoms with Crippen LogP contribution in [0.25, 0.3) is 26.6 Å². The van der Waals surface area contributed by atoms with E-state index in [4.69, 9.17) is 0 Å². The normalized spacial score (nSPS) is 8.08. The first kappa shape index (κ1) is 40.9. The van der Waals surface area contributed by atoms with Crippen LogP contribution in [0.5, 0.6) is 0 Å². The Kier molecular flexibility index (Phi) is 100. The van der Waals surface area contributed by atoms with Crippen LogP contribution in [-0.2, 0) is 18.6 Å². The Morgan fingerprint density at radius 2 is 0.346 bits per heavy atom. The minimum absolute atomic E-state index is 0. The van der Waals surface area contributed by atoms with Crippen molar-refractivity contribution in [3.05, 3.63) is 26.6 Å². The molecular formula is C20H50N5V-5. The average Bonchev–Trinajstić information content (AvgIpc) is 2.61. The third-order valence-electron chi connectivity index (χ3n) is 2.24. The molecule has 165 valence electrons. The molecule has 0 aromatic heterocycles. The maximum Gasteiger partial charge on any atom is 0 e. The van der Waals surface area contributed by atoms with Gasteiger partial charge in [-0.2, -0.15) is 65.4 Å². The van der Waals surface area contributed by atoms with E-state index in [0.717, 1.165) is 65.4 Å². The molecule has 0 aliphatic carbocycles. The van der Waals surface area contributed by atoms with Crippen molar-refractivity contribution in [2.24, 2.45) is 0 Å². The number of nitrogens with zero attached hydrogens (tertiary/aromatic N) is 5. The molecule has 26 heavy (non-hydrogen) atoms. The molecule has 0 rings (SSSR count). The van der Waals surface area contributed by atoms with Crippen molar-refractivity contribution < 1.29 is 18.6 Å². The summed E-state index contributed by atoms with van der Waals surface area (Å²) >= 11 is 0. The Morgan fingerprint density at radius 3 is 0.346 bits per heavy atom. The monoisotopic (exact) mass is 411 g/mol. The molecule has 0 atom stereocenters. The summed E-state index contributed by atoms with van der Waals surface area (Å²) in [6.45, 7) is 30.1. The van der Waals surface area contributed by atoms with Crippen molar-refractivity contribution in [1.29, 1.82) is 0 Å². The summed E-state index contributed by atoms with van der Waals surface area (Å²) in [5.74, 6) is 0. The van der Waals surface area contributed by atoms with E-state index >= 15 is 0 Å². The summed E-state index contributed by atoms with van der Waals surface area (Å²) in [6, 6.07) is 0. The van der Waals surface area contributed by atoms with Crippen molar-refractivity contribution in [3.63, 3.8) is 0 Å². The van der Waals surface area contributed by atoms with E-state index in [9.17, 15) is 0 Å². The zero-order valence-electron chi connectivity index (χ0n) is 19.8. The summed E-state index contributed by atoms with van der Waals surface area (Å²) in [4.78, 5) is 0. The Hall–Kier alpha value is 0.384. The van der Waals surface area contributed by atoms with E-state index in [1.807, 2.05) is 69.2 Å². The molecule has 0 heterocycles. The summed E-state index contributed by atoms with van der Waals surface area (Å²) in [5, 5.41) is 19.9. The molecule has 0 aliphatic heterocycles. The zero-order valence-corrected chi connectivity index (χ0v) is 21.2. The maximum atomic E-state index is 3.97. The molecule has 5 nitrogen and oxygen atoms in total. The third-order valence-corrected chi connectivity index (χ3v) is 2.24. The van der Waals surface area contributed by atoms with E-state index in [1.165, 1.54) is 0 Å². The van der Waals surface area contributed by atoms with Crippen LogP contribution in [0.1, 0.15) is 69.2 Å². The fourth-order valence-corrected chi connectivity index (χ4v) is 1.12. The molecule has 0 bridgehead atoms. The van der Waals surface area contributed by atoms with Crippen molar-refractivity contribution in [2.45, 2.75) is 69.2 Å². The average molecular weight is 412 g/mol. The van der Waals surface area contributed by atoms with Crippen LogP contribution in [0.15, 0.2) is 0 Å². The number of rotatable bonds is 10. The van der Waals surface area contributed by atoms with Crippen LogP contribution in [0.2, 0.25) is 0 Å². The van der Waals surface area contributed by atoms with Gasteiger partial charge in [0.05, 0.1) is 0 Å². The van der Waals surface area contributed by atoms with Gasteiger partial charge in [0.15, 0.2) is 0 Å². The first-order chi connectivity index (χ1) is 12.1. The van der Waals surface area contributed by atoms with Crippen molar-refractivity contribution >= 4 is 0 Å². The Morgan fingerprint density at radius 1 is 0.269 bits per heavy atom. The molecule has 0 spiro atoms. The van der Waals surface area contributed by atoms with Gasteiger partial charge in [0.1, 0.15) is 0 Å². The molecular weight excluding hydrogens is 361 g/mol. The SMILES string of the molecule is CC[N-]CC.CC[N-]CC.CC[N-]CC.CC[N-]CC.CC[N-]CC.[V]. The summed E-state index contributed by atoms with van der Waals surface area (Å²) in [5.41, 5.74) is 0. The van der Waals surface area contributed by atoms with Gasteiger partial charge in [-0.3, -0.25) is 0 Å². The standard InChI is InChI=1S/5C4H10N.V/c5*1-3-5-4-2;/h5*3-4H2,1-2H3;/q5*-1;. The number of hydrogen-bond donors (Lipinski definition) is 0. The molecule has 0 fully saturated rings. The summed E-state index contributed by atoms with van der Waals surface area (Å²) in [6.07, 6.45) is 0. The molecule has 0 amide bonds. The largest absolute Gasteiger partial charge is 0.663 e. The Labute approximate surface area is 179 Å². The van der Waals surface area contributed by atoms with Crippen molar-refractivity contribution in [2.75, 3.05) is 65.4 Å². The quantitative estimate of drug-likeness (QED) is 0.371. The van der Waals surface area contributed by atoms with Crippen LogP contribution in [-0.4, -0.2) is 65.4 Å². The van der Waals surface area contributed by atoms with Crippen LogP contribution < -0.4 is 0 Å². The molecule has 1 radical (unpaired) electrons. The molecule has 0 aromatic rings. The molecule has 0 N–H and O–H groups in total. The Balaban J connectivity index is -0.0000000476. The van der Waals surface area contributed by atoms with Gasteiger partial charge >= 0.3 is 0 Å².